The van der Waals surface area contributed by atoms with Gasteiger partial charge in [-0.2, -0.15) is 0 Å². The highest BCUT2D eigenvalue weighted by atomic mass is 16.6. The average molecular weight is 589 g/mol. The number of aliphatic hydroxyl groups is 3. The van der Waals surface area contributed by atoms with Crippen LogP contribution >= 0.6 is 0 Å². The minimum atomic E-state index is -2.73. The number of likely N-dealkylation sites (N-methyl/N-ethyl adjacent to an activating group) is 1. The summed E-state index contributed by atoms with van der Waals surface area (Å²) < 4.78 is 9.82. The third kappa shape index (κ3) is 4.74. The van der Waals surface area contributed by atoms with Crippen molar-refractivity contribution in [1.82, 2.24) is 10.2 Å². The molecule has 4 rings (SSSR count). The molecule has 14 heteroatoms. The van der Waals surface area contributed by atoms with Crippen molar-refractivity contribution < 1.29 is 49.1 Å². The van der Waals surface area contributed by atoms with Crippen molar-refractivity contribution in [2.45, 2.75) is 31.0 Å². The molecule has 42 heavy (non-hydrogen) atoms. The highest BCUT2D eigenvalue weighted by Crippen LogP contribution is 2.54. The maximum atomic E-state index is 14.0. The van der Waals surface area contributed by atoms with Crippen LogP contribution in [0.2, 0.25) is 0 Å². The molecule has 2 amide bonds. The molecule has 14 nitrogen and oxygen atoms in total. The van der Waals surface area contributed by atoms with Gasteiger partial charge in [0, 0.05) is 50.5 Å². The van der Waals surface area contributed by atoms with Gasteiger partial charge in [-0.05, 0) is 44.5 Å². The van der Waals surface area contributed by atoms with Gasteiger partial charge in [0.1, 0.15) is 29.4 Å². The lowest BCUT2D eigenvalue weighted by molar-refractivity contribution is -0.153. The number of ketones is 2. The van der Waals surface area contributed by atoms with Crippen molar-refractivity contribution in [1.29, 1.82) is 0 Å². The van der Waals surface area contributed by atoms with E-state index < -0.39 is 69.9 Å². The number of hydrogen-bond acceptors (Lipinski definition) is 12. The van der Waals surface area contributed by atoms with E-state index in [0.29, 0.717) is 11.3 Å². The van der Waals surface area contributed by atoms with E-state index in [-0.39, 0.29) is 49.3 Å². The average Bonchev–Trinajstić information content (AvgIpc) is 2.89. The quantitative estimate of drug-likeness (QED) is 0.174. The van der Waals surface area contributed by atoms with Crippen molar-refractivity contribution in [3.05, 3.63) is 39.7 Å². The molecule has 1 aromatic rings. The highest BCUT2D eigenvalue weighted by molar-refractivity contribution is 6.24. The van der Waals surface area contributed by atoms with Gasteiger partial charge in [-0.3, -0.25) is 19.3 Å². The summed E-state index contributed by atoms with van der Waals surface area (Å²) in [6.45, 7) is 0.0257. The van der Waals surface area contributed by atoms with E-state index in [0.717, 1.165) is 0 Å². The number of benzene rings is 1. The van der Waals surface area contributed by atoms with Crippen LogP contribution in [0.5, 0.6) is 5.75 Å². The van der Waals surface area contributed by atoms with E-state index in [9.17, 15) is 39.6 Å². The summed E-state index contributed by atoms with van der Waals surface area (Å²) in [7, 11) is 8.04. The van der Waals surface area contributed by atoms with Gasteiger partial charge in [0.15, 0.2) is 11.4 Å². The van der Waals surface area contributed by atoms with Crippen LogP contribution in [0.1, 0.15) is 23.1 Å². The van der Waals surface area contributed by atoms with Crippen molar-refractivity contribution in [2.24, 2.45) is 17.6 Å². The molecule has 3 aliphatic rings. The number of aliphatic hydroxyl groups excluding tert-OH is 2. The van der Waals surface area contributed by atoms with Crippen LogP contribution in [-0.2, 0) is 36.8 Å². The number of methoxy groups -OCH3 is 1. The summed E-state index contributed by atoms with van der Waals surface area (Å²) in [5.41, 5.74) is 2.74. The number of nitrogens with one attached hydrogen (secondary N) is 1. The molecule has 1 unspecified atom stereocenters. The Bertz CT molecular complexity index is 1420. The third-order valence-corrected chi connectivity index (χ3v) is 8.20. The van der Waals surface area contributed by atoms with Crippen LogP contribution in [0.25, 0.3) is 5.76 Å². The molecular formula is C28H36N4O10. The van der Waals surface area contributed by atoms with Crippen molar-refractivity contribution in [3.8, 4) is 5.75 Å². The Labute approximate surface area is 242 Å². The fourth-order valence-corrected chi connectivity index (χ4v) is 6.32. The molecule has 0 saturated heterocycles. The summed E-state index contributed by atoms with van der Waals surface area (Å²) in [6, 6.07) is 0.477. The summed E-state index contributed by atoms with van der Waals surface area (Å²) in [5, 5.41) is 48.0. The molecule has 1 fully saturated rings. The first-order valence-electron chi connectivity index (χ1n) is 13.3. The SMILES string of the molecule is COCCOC(=O)NCc1cc(N(C)C)c2c(c1O)C(O)=C1C(=O)C3(O)C(O)=C(C(N)=O)C(=O)[C@@H](N(C)C)[C@@H]3C[C@@H]1C2. The molecule has 3 aliphatic carbocycles. The van der Waals surface area contributed by atoms with E-state index in [4.69, 9.17) is 15.2 Å². The minimum absolute atomic E-state index is 0.0147. The Kier molecular flexibility index (Phi) is 8.27. The van der Waals surface area contributed by atoms with E-state index in [1.165, 1.54) is 12.0 Å². The van der Waals surface area contributed by atoms with Crippen molar-refractivity contribution in [2.75, 3.05) is 53.4 Å². The van der Waals surface area contributed by atoms with E-state index in [1.807, 2.05) is 0 Å². The van der Waals surface area contributed by atoms with Gasteiger partial charge >= 0.3 is 6.09 Å². The van der Waals surface area contributed by atoms with Gasteiger partial charge in [0.25, 0.3) is 5.91 Å². The summed E-state index contributed by atoms with van der Waals surface area (Å²) >= 11 is 0. The Morgan fingerprint density at radius 3 is 2.38 bits per heavy atom. The number of nitrogens with zero attached hydrogens (tertiary/aromatic N) is 2. The molecule has 0 heterocycles. The van der Waals surface area contributed by atoms with Gasteiger partial charge in [0.05, 0.1) is 18.2 Å². The molecule has 7 N–H and O–H groups in total. The number of fused-ring (bicyclic) bond motifs is 3. The highest BCUT2D eigenvalue weighted by Gasteiger charge is 2.64. The zero-order valence-electron chi connectivity index (χ0n) is 24.1. The number of Topliss-reactive ketones (excluding diaryl/α,β-unsaturated/α-hetero) is 2. The first-order valence-corrected chi connectivity index (χ1v) is 13.3. The minimum Gasteiger partial charge on any atom is -0.508 e. The van der Waals surface area contributed by atoms with E-state index >= 15 is 0 Å². The van der Waals surface area contributed by atoms with Crippen LogP contribution in [0.4, 0.5) is 10.5 Å². The summed E-state index contributed by atoms with van der Waals surface area (Å²) in [6.07, 6.45) is -0.637. The van der Waals surface area contributed by atoms with Gasteiger partial charge in [-0.15, -0.1) is 0 Å². The zero-order valence-corrected chi connectivity index (χ0v) is 24.1. The third-order valence-electron chi connectivity index (χ3n) is 8.20. The fourth-order valence-electron chi connectivity index (χ4n) is 6.32. The van der Waals surface area contributed by atoms with Crippen LogP contribution in [0.15, 0.2) is 23.0 Å². The Hall–Kier alpha value is -4.14. The number of hydrogen-bond donors (Lipinski definition) is 6. The molecule has 0 spiro atoms. The molecule has 0 radical (unpaired) electrons. The van der Waals surface area contributed by atoms with Crippen LogP contribution < -0.4 is 16.0 Å². The molecular weight excluding hydrogens is 552 g/mol. The fraction of sp³-hybridized carbons (Fsp3) is 0.500. The predicted octanol–water partition coefficient (Wildman–Crippen LogP) is -0.0974. The number of primary amides is 1. The zero-order chi connectivity index (χ0) is 31.3. The Balaban J connectivity index is 1.85. The van der Waals surface area contributed by atoms with Gasteiger partial charge in [-0.25, -0.2) is 4.79 Å². The number of aromatic hydroxyl groups is 1. The largest absolute Gasteiger partial charge is 0.508 e. The number of nitrogens with two attached hydrogens (primary N) is 1. The van der Waals surface area contributed by atoms with Crippen LogP contribution in [0.3, 0.4) is 0 Å². The Morgan fingerprint density at radius 1 is 1.14 bits per heavy atom. The van der Waals surface area contributed by atoms with E-state index in [2.05, 4.69) is 5.32 Å². The van der Waals surface area contributed by atoms with Crippen LogP contribution in [0, 0.1) is 11.8 Å². The predicted molar refractivity (Wildman–Crippen MR) is 149 cm³/mol. The number of carbonyl (C=O) groups is 4. The van der Waals surface area contributed by atoms with Gasteiger partial charge < -0.3 is 45.9 Å². The molecule has 0 aliphatic heterocycles. The topological polar surface area (TPSA) is 212 Å². The molecule has 4 atom stereocenters. The maximum Gasteiger partial charge on any atom is 0.407 e. The lowest BCUT2D eigenvalue weighted by atomic mass is 9.57. The number of amides is 2. The number of alkyl carbamates (subject to hydrolysis) is 1. The van der Waals surface area contributed by atoms with E-state index in [1.54, 1.807) is 39.2 Å². The molecule has 228 valence electrons. The van der Waals surface area contributed by atoms with Crippen molar-refractivity contribution >= 4 is 35.0 Å². The van der Waals surface area contributed by atoms with Crippen molar-refractivity contribution in [3.63, 3.8) is 0 Å². The van der Waals surface area contributed by atoms with Gasteiger partial charge in [-0.1, -0.05) is 0 Å². The summed E-state index contributed by atoms with van der Waals surface area (Å²) in [5.74, 6) is -7.25. The molecule has 1 aromatic carbocycles. The monoisotopic (exact) mass is 588 g/mol. The standard InChI is InChI=1S/C28H36N4O10/c1-31(2)16-10-13(11-30-27(39)42-7-6-41-5)21(33)18-14(16)8-12-9-15-20(32(3)4)23(35)19(26(29)38)25(37)28(15,40)24(36)17(12)22(18)34/h10,12,15,20,33-34,37,40H,6-9,11H2,1-5H3,(H2,29,38)(H,30,39)/t12-,15-,20-,28?/m0/s1. The maximum absolute atomic E-state index is 14.0. The first kappa shape index (κ1) is 30.8. The Morgan fingerprint density at radius 2 is 1.81 bits per heavy atom. The molecule has 0 aromatic heterocycles. The number of anilines is 1. The first-order chi connectivity index (χ1) is 19.7. The van der Waals surface area contributed by atoms with Crippen LogP contribution in [-0.4, -0.2) is 109 Å². The second-order valence-electron chi connectivity index (χ2n) is 11.1. The lowest BCUT2D eigenvalue weighted by Gasteiger charge is -2.50. The normalized spacial score (nSPS) is 25.2. The summed E-state index contributed by atoms with van der Waals surface area (Å²) in [4.78, 5) is 54.7. The second kappa shape index (κ2) is 11.3. The lowest BCUT2D eigenvalue weighted by Crippen LogP contribution is -2.65. The number of phenolic OH excluding ortho intramolecular Hbond substituents is 1. The number of rotatable bonds is 8. The number of phenols is 1. The van der Waals surface area contributed by atoms with Gasteiger partial charge in [0.2, 0.25) is 5.78 Å². The number of carbonyl (C=O) groups excluding carboxylic acids is 4. The number of ether oxygens (including phenoxy) is 2. The second-order valence-corrected chi connectivity index (χ2v) is 11.1. The smallest absolute Gasteiger partial charge is 0.407 e. The molecule has 1 saturated carbocycles. The molecule has 0 bridgehead atoms.